The van der Waals surface area contributed by atoms with Crippen LogP contribution >= 0.6 is 0 Å². The van der Waals surface area contributed by atoms with E-state index in [9.17, 15) is 14.4 Å². The van der Waals surface area contributed by atoms with Crippen LogP contribution in [0.1, 0.15) is 81.4 Å². The normalized spacial score (nSPS) is 22.5. The number of carbonyl (C=O) groups excluding carboxylic acids is 3. The number of rotatable bonds is 10. The van der Waals surface area contributed by atoms with E-state index in [0.717, 1.165) is 19.6 Å². The van der Waals surface area contributed by atoms with Crippen molar-refractivity contribution >= 4 is 29.1 Å². The molecule has 4 aliphatic rings. The molecular weight excluding hydrogens is 605 g/mol. The second kappa shape index (κ2) is 13.0. The van der Waals surface area contributed by atoms with Gasteiger partial charge in [0.15, 0.2) is 0 Å². The molecule has 0 spiro atoms. The summed E-state index contributed by atoms with van der Waals surface area (Å²) in [5.41, 5.74) is 5.52. The van der Waals surface area contributed by atoms with Gasteiger partial charge in [-0.25, -0.2) is 4.39 Å². The number of benzene rings is 2. The predicted molar refractivity (Wildman–Crippen MR) is 189 cm³/mol. The average Bonchev–Trinajstić information content (AvgIpc) is 3.30. The first-order valence-electron chi connectivity index (χ1n) is 17.6. The number of likely N-dealkylation sites (tertiary alicyclic amines) is 1. The topological polar surface area (TPSA) is 76.2 Å². The number of allylic oxidation sites excluding steroid dienone is 1. The smallest absolute Gasteiger partial charge is 0.255 e. The molecule has 8 nitrogen and oxygen atoms in total. The van der Waals surface area contributed by atoms with Crippen LogP contribution in [0.4, 0.5) is 15.8 Å². The molecular formula is C39H52FN5O3. The van der Waals surface area contributed by atoms with Gasteiger partial charge in [0.05, 0.1) is 5.69 Å². The predicted octanol–water partition coefficient (Wildman–Crippen LogP) is 5.67. The largest absolute Gasteiger partial charge is 0.368 e. The Morgan fingerprint density at radius 3 is 2.42 bits per heavy atom. The molecule has 48 heavy (non-hydrogen) atoms. The van der Waals surface area contributed by atoms with E-state index in [4.69, 9.17) is 0 Å². The number of hydrogen-bond acceptors (Lipinski definition) is 6. The Morgan fingerprint density at radius 2 is 1.77 bits per heavy atom. The molecule has 1 N–H and O–H groups in total. The summed E-state index contributed by atoms with van der Waals surface area (Å²) in [4.78, 5) is 46.0. The number of fused-ring (bicyclic) bond motifs is 1. The molecule has 9 heteroatoms. The number of carbonyl (C=O) groups is 3. The Hall–Kier alpha value is -3.72. The van der Waals surface area contributed by atoms with Crippen LogP contribution < -0.4 is 15.1 Å². The van der Waals surface area contributed by atoms with Gasteiger partial charge in [0.25, 0.3) is 5.91 Å². The first-order valence-corrected chi connectivity index (χ1v) is 17.6. The highest BCUT2D eigenvalue weighted by Crippen LogP contribution is 2.38. The third-order valence-electron chi connectivity index (χ3n) is 11.6. The third kappa shape index (κ3) is 6.38. The molecule has 0 saturated carbocycles. The fourth-order valence-electron chi connectivity index (χ4n) is 7.81. The van der Waals surface area contributed by atoms with Crippen molar-refractivity contribution in [3.63, 3.8) is 0 Å². The number of imide groups is 1. The maximum Gasteiger partial charge on any atom is 0.255 e. The highest BCUT2D eigenvalue weighted by atomic mass is 19.1. The second-order valence-corrected chi connectivity index (χ2v) is 15.8. The lowest BCUT2D eigenvalue weighted by Gasteiger charge is -2.54. The van der Waals surface area contributed by atoms with E-state index in [1.165, 1.54) is 27.8 Å². The van der Waals surface area contributed by atoms with Crippen LogP contribution in [0.2, 0.25) is 0 Å². The monoisotopic (exact) mass is 657 g/mol. The molecule has 258 valence electrons. The molecule has 2 aromatic rings. The van der Waals surface area contributed by atoms with Gasteiger partial charge >= 0.3 is 0 Å². The van der Waals surface area contributed by atoms with Gasteiger partial charge in [-0.2, -0.15) is 0 Å². The lowest BCUT2D eigenvalue weighted by molar-refractivity contribution is -0.136. The van der Waals surface area contributed by atoms with Gasteiger partial charge in [-0.1, -0.05) is 52.8 Å². The van der Waals surface area contributed by atoms with E-state index in [0.29, 0.717) is 59.7 Å². The Kier molecular flexibility index (Phi) is 9.22. The maximum atomic E-state index is 15.4. The molecule has 3 fully saturated rings. The van der Waals surface area contributed by atoms with E-state index < -0.39 is 11.9 Å². The number of nitrogens with one attached hydrogen (secondary N) is 1. The highest BCUT2D eigenvalue weighted by Gasteiger charge is 2.43. The summed E-state index contributed by atoms with van der Waals surface area (Å²) in [5, 5.41) is 2.32. The SMILES string of the molecule is C=CC(C)[C@@H](C)[C@H](C)N(CC1CN(C2CN(c3cc4c(cc3F)CN(C3CCC(=O)NC3=O)C4=O)C2)C1)c1cc(C(C)(C)C)ccc1C. The molecule has 6 rings (SSSR count). The summed E-state index contributed by atoms with van der Waals surface area (Å²) < 4.78 is 15.4. The van der Waals surface area contributed by atoms with Crippen molar-refractivity contribution in [3.8, 4) is 0 Å². The van der Waals surface area contributed by atoms with Crippen molar-refractivity contribution in [1.29, 1.82) is 0 Å². The number of nitrogens with zero attached hydrogens (tertiary/aromatic N) is 4. The van der Waals surface area contributed by atoms with Crippen molar-refractivity contribution < 1.29 is 18.8 Å². The van der Waals surface area contributed by atoms with Crippen LogP contribution in [0, 0.1) is 30.5 Å². The molecule has 2 unspecified atom stereocenters. The van der Waals surface area contributed by atoms with Crippen LogP contribution in [-0.4, -0.2) is 78.4 Å². The summed E-state index contributed by atoms with van der Waals surface area (Å²) in [6, 6.07) is 10.0. The standard InChI is InChI=1S/C39H52FN5O3/c1-9-23(2)25(4)26(5)44(34-15-29(39(6,7)8)11-10-24(34)3)19-27-17-42(18-27)30-21-43(22-30)35-16-31-28(14-32(35)40)20-45(38(31)48)33-12-13-36(46)41-37(33)47/h9-11,14-16,23,25-27,30,33H,1,12-13,17-22H2,2-8H3,(H,41,46,47)/t23?,25-,26+,33?/m1/s1. The first-order chi connectivity index (χ1) is 22.7. The number of piperidine rings is 1. The Bertz CT molecular complexity index is 1610. The Balaban J connectivity index is 1.09. The van der Waals surface area contributed by atoms with Crippen molar-refractivity contribution in [2.45, 2.75) is 91.4 Å². The molecule has 4 atom stereocenters. The molecule has 3 saturated heterocycles. The molecule has 2 aromatic carbocycles. The van der Waals surface area contributed by atoms with E-state index in [1.54, 1.807) is 6.07 Å². The number of halogens is 1. The summed E-state index contributed by atoms with van der Waals surface area (Å²) in [6.07, 6.45) is 2.55. The molecule has 4 heterocycles. The van der Waals surface area contributed by atoms with Crippen LogP contribution in [0.3, 0.4) is 0 Å². The van der Waals surface area contributed by atoms with Crippen LogP contribution in [0.15, 0.2) is 43.0 Å². The quantitative estimate of drug-likeness (QED) is 0.263. The fraction of sp³-hybridized carbons (Fsp3) is 0.564. The van der Waals surface area contributed by atoms with Crippen LogP contribution in [-0.2, 0) is 21.5 Å². The molecule has 3 amide bonds. The summed E-state index contributed by atoms with van der Waals surface area (Å²) >= 11 is 0. The Morgan fingerprint density at radius 1 is 1.06 bits per heavy atom. The van der Waals surface area contributed by atoms with Crippen molar-refractivity contribution in [2.75, 3.05) is 42.5 Å². The summed E-state index contributed by atoms with van der Waals surface area (Å²) in [7, 11) is 0. The number of aryl methyl sites for hydroxylation is 1. The van der Waals surface area contributed by atoms with Gasteiger partial charge < -0.3 is 14.7 Å². The summed E-state index contributed by atoms with van der Waals surface area (Å²) in [5.74, 6) is -0.00867. The minimum atomic E-state index is -0.708. The fourth-order valence-corrected chi connectivity index (χ4v) is 7.81. The minimum Gasteiger partial charge on any atom is -0.368 e. The highest BCUT2D eigenvalue weighted by molar-refractivity contribution is 6.05. The van der Waals surface area contributed by atoms with Gasteiger partial charge in [-0.15, -0.1) is 6.58 Å². The van der Waals surface area contributed by atoms with E-state index >= 15 is 4.39 Å². The van der Waals surface area contributed by atoms with Gasteiger partial charge in [0, 0.05) is 74.9 Å². The van der Waals surface area contributed by atoms with Crippen molar-refractivity contribution in [3.05, 3.63) is 71.1 Å². The van der Waals surface area contributed by atoms with Crippen LogP contribution in [0.5, 0.6) is 0 Å². The minimum absolute atomic E-state index is 0.0687. The molecule has 0 bridgehead atoms. The summed E-state index contributed by atoms with van der Waals surface area (Å²) in [6.45, 7) is 24.7. The number of anilines is 2. The van der Waals surface area contributed by atoms with Gasteiger partial charge in [0.1, 0.15) is 11.9 Å². The molecule has 4 aliphatic heterocycles. The zero-order chi connectivity index (χ0) is 34.7. The van der Waals surface area contributed by atoms with Crippen molar-refractivity contribution in [2.24, 2.45) is 17.8 Å². The lowest BCUT2D eigenvalue weighted by Crippen LogP contribution is -2.66. The van der Waals surface area contributed by atoms with E-state index in [1.807, 2.05) is 4.90 Å². The number of hydrogen-bond donors (Lipinski definition) is 1. The van der Waals surface area contributed by atoms with Gasteiger partial charge in [-0.05, 0) is 72.4 Å². The number of amides is 3. The zero-order valence-electron chi connectivity index (χ0n) is 29.7. The van der Waals surface area contributed by atoms with Gasteiger partial charge in [-0.3, -0.25) is 24.6 Å². The van der Waals surface area contributed by atoms with E-state index in [2.05, 4.69) is 94.4 Å². The maximum absolute atomic E-state index is 15.4. The van der Waals surface area contributed by atoms with Gasteiger partial charge in [0.2, 0.25) is 11.8 Å². The lowest BCUT2D eigenvalue weighted by atomic mass is 9.84. The third-order valence-corrected chi connectivity index (χ3v) is 11.6. The molecule has 0 aromatic heterocycles. The van der Waals surface area contributed by atoms with Crippen LogP contribution in [0.25, 0.3) is 0 Å². The first kappa shape index (κ1) is 34.2. The average molecular weight is 658 g/mol. The van der Waals surface area contributed by atoms with E-state index in [-0.39, 0.29) is 42.4 Å². The molecule has 0 radical (unpaired) electrons. The zero-order valence-corrected chi connectivity index (χ0v) is 29.7. The molecule has 0 aliphatic carbocycles. The van der Waals surface area contributed by atoms with Crippen molar-refractivity contribution in [1.82, 2.24) is 15.1 Å². The second-order valence-electron chi connectivity index (χ2n) is 15.8. The Labute approximate surface area is 285 Å².